The maximum atomic E-state index is 12.4. The third-order valence-corrected chi connectivity index (χ3v) is 4.85. The van der Waals surface area contributed by atoms with Crippen molar-refractivity contribution in [3.05, 3.63) is 52.7 Å². The Balaban J connectivity index is 1.33. The minimum absolute atomic E-state index is 0.0933. The van der Waals surface area contributed by atoms with E-state index in [2.05, 4.69) is 15.4 Å². The summed E-state index contributed by atoms with van der Waals surface area (Å²) < 4.78 is 3.59. The van der Waals surface area contributed by atoms with Crippen LogP contribution in [-0.4, -0.2) is 49.9 Å². The van der Waals surface area contributed by atoms with Crippen LogP contribution in [0.3, 0.4) is 0 Å². The quantitative estimate of drug-likeness (QED) is 0.744. The molecule has 2 N–H and O–H groups in total. The average molecular weight is 354 g/mol. The number of rotatable bonds is 4. The highest BCUT2D eigenvalue weighted by molar-refractivity contribution is 5.75. The molecule has 2 aromatic heterocycles. The van der Waals surface area contributed by atoms with Crippen LogP contribution in [0.2, 0.25) is 0 Å². The molecule has 0 bridgehead atoms. The number of benzene rings is 1. The van der Waals surface area contributed by atoms with Crippen molar-refractivity contribution < 1.29 is 4.79 Å². The third-order valence-electron chi connectivity index (χ3n) is 4.85. The molecule has 2 amide bonds. The number of aromatic nitrogens is 4. The number of fused-ring (bicyclic) bond motifs is 1. The Kier molecular flexibility index (Phi) is 4.24. The predicted molar refractivity (Wildman–Crippen MR) is 98.1 cm³/mol. The molecule has 8 heteroatoms. The van der Waals surface area contributed by atoms with E-state index in [4.69, 9.17) is 0 Å². The van der Waals surface area contributed by atoms with Crippen LogP contribution in [0.25, 0.3) is 11.0 Å². The highest BCUT2D eigenvalue weighted by Crippen LogP contribution is 2.21. The van der Waals surface area contributed by atoms with Gasteiger partial charge in [-0.1, -0.05) is 12.1 Å². The second-order valence-corrected chi connectivity index (χ2v) is 6.72. The van der Waals surface area contributed by atoms with Crippen LogP contribution in [-0.2, 0) is 6.54 Å². The van der Waals surface area contributed by atoms with E-state index in [0.717, 1.165) is 23.0 Å². The Hall–Kier alpha value is -3.03. The monoisotopic (exact) mass is 354 g/mol. The summed E-state index contributed by atoms with van der Waals surface area (Å²) >= 11 is 0. The molecule has 1 atom stereocenters. The van der Waals surface area contributed by atoms with Gasteiger partial charge in [0, 0.05) is 32.4 Å². The van der Waals surface area contributed by atoms with Crippen LogP contribution in [0.4, 0.5) is 4.79 Å². The number of carbonyl (C=O) groups is 1. The van der Waals surface area contributed by atoms with E-state index in [-0.39, 0.29) is 17.8 Å². The third kappa shape index (κ3) is 3.10. The Morgan fingerprint density at radius 1 is 1.38 bits per heavy atom. The van der Waals surface area contributed by atoms with Crippen LogP contribution in [0, 0.1) is 6.92 Å². The molecule has 1 aromatic carbocycles. The standard InChI is InChI=1S/C18H22N6O2/c1-13-10-20-24(11-13)14-6-8-22(12-14)17(25)19-7-9-23-16-5-3-2-4-15(16)21-18(23)26/h2-5,10-11,14H,6-9,12H2,1H3,(H,19,25)(H,21,26). The van der Waals surface area contributed by atoms with Crippen molar-refractivity contribution in [2.75, 3.05) is 19.6 Å². The molecular formula is C18H22N6O2. The molecule has 4 rings (SSSR count). The summed E-state index contributed by atoms with van der Waals surface area (Å²) in [6.45, 7) is 4.21. The normalized spacial score (nSPS) is 17.1. The molecule has 1 fully saturated rings. The number of aryl methyl sites for hydroxylation is 1. The van der Waals surface area contributed by atoms with Crippen molar-refractivity contribution >= 4 is 17.1 Å². The van der Waals surface area contributed by atoms with Gasteiger partial charge in [0.1, 0.15) is 0 Å². The van der Waals surface area contributed by atoms with Gasteiger partial charge in [0.25, 0.3) is 0 Å². The highest BCUT2D eigenvalue weighted by Gasteiger charge is 2.27. The van der Waals surface area contributed by atoms with Gasteiger partial charge in [-0.25, -0.2) is 9.59 Å². The summed E-state index contributed by atoms with van der Waals surface area (Å²) in [5.41, 5.74) is 2.62. The molecular weight excluding hydrogens is 332 g/mol. The molecule has 0 spiro atoms. The van der Waals surface area contributed by atoms with Crippen molar-refractivity contribution in [3.63, 3.8) is 0 Å². The minimum Gasteiger partial charge on any atom is -0.336 e. The molecule has 0 radical (unpaired) electrons. The lowest BCUT2D eigenvalue weighted by Gasteiger charge is -2.17. The smallest absolute Gasteiger partial charge is 0.326 e. The number of carbonyl (C=O) groups excluding carboxylic acids is 1. The molecule has 26 heavy (non-hydrogen) atoms. The number of imidazole rings is 1. The molecule has 1 aliphatic rings. The van der Waals surface area contributed by atoms with E-state index >= 15 is 0 Å². The first-order valence-electron chi connectivity index (χ1n) is 8.83. The van der Waals surface area contributed by atoms with Crippen molar-refractivity contribution in [3.8, 4) is 0 Å². The summed E-state index contributed by atoms with van der Waals surface area (Å²) in [5.74, 6) is 0. The molecule has 0 saturated carbocycles. The second-order valence-electron chi connectivity index (χ2n) is 6.72. The molecule has 1 unspecified atom stereocenters. The van der Waals surface area contributed by atoms with Crippen molar-refractivity contribution in [2.45, 2.75) is 25.9 Å². The zero-order valence-electron chi connectivity index (χ0n) is 14.7. The lowest BCUT2D eigenvalue weighted by molar-refractivity contribution is 0.206. The van der Waals surface area contributed by atoms with E-state index in [9.17, 15) is 9.59 Å². The number of amides is 2. The number of nitrogens with one attached hydrogen (secondary N) is 2. The Labute approximate surface area is 150 Å². The van der Waals surface area contributed by atoms with Gasteiger partial charge in [0.15, 0.2) is 0 Å². The Morgan fingerprint density at radius 2 is 2.23 bits per heavy atom. The molecule has 0 aliphatic carbocycles. The SMILES string of the molecule is Cc1cnn(C2CCN(C(=O)NCCn3c(=O)[nH]c4ccccc43)C2)c1. The van der Waals surface area contributed by atoms with Gasteiger partial charge < -0.3 is 15.2 Å². The first kappa shape index (κ1) is 16.4. The van der Waals surface area contributed by atoms with E-state index in [1.54, 1.807) is 9.47 Å². The zero-order chi connectivity index (χ0) is 18.1. The number of likely N-dealkylation sites (tertiary alicyclic amines) is 1. The largest absolute Gasteiger partial charge is 0.336 e. The van der Waals surface area contributed by atoms with Crippen LogP contribution in [0.15, 0.2) is 41.5 Å². The number of aromatic amines is 1. The van der Waals surface area contributed by atoms with E-state index in [0.29, 0.717) is 26.2 Å². The summed E-state index contributed by atoms with van der Waals surface area (Å²) in [6, 6.07) is 7.68. The van der Waals surface area contributed by atoms with E-state index < -0.39 is 0 Å². The summed E-state index contributed by atoms with van der Waals surface area (Å²) in [6.07, 6.45) is 4.74. The van der Waals surface area contributed by atoms with E-state index in [1.807, 2.05) is 48.3 Å². The summed E-state index contributed by atoms with van der Waals surface area (Å²) in [7, 11) is 0. The van der Waals surface area contributed by atoms with Crippen LogP contribution in [0.1, 0.15) is 18.0 Å². The lowest BCUT2D eigenvalue weighted by Crippen LogP contribution is -2.40. The number of urea groups is 1. The number of para-hydroxylation sites is 2. The number of hydrogen-bond donors (Lipinski definition) is 2. The van der Waals surface area contributed by atoms with Crippen LogP contribution in [0.5, 0.6) is 0 Å². The van der Waals surface area contributed by atoms with Gasteiger partial charge in [0.05, 0.1) is 23.3 Å². The minimum atomic E-state index is -0.157. The van der Waals surface area contributed by atoms with Gasteiger partial charge >= 0.3 is 11.7 Å². The fourth-order valence-electron chi connectivity index (χ4n) is 3.49. The maximum absolute atomic E-state index is 12.4. The maximum Gasteiger partial charge on any atom is 0.326 e. The van der Waals surface area contributed by atoms with Gasteiger partial charge in [-0.2, -0.15) is 5.10 Å². The average Bonchev–Trinajstić information content (AvgIpc) is 3.34. The van der Waals surface area contributed by atoms with Crippen molar-refractivity contribution in [1.82, 2.24) is 29.5 Å². The van der Waals surface area contributed by atoms with Gasteiger partial charge in [0.2, 0.25) is 0 Å². The number of H-pyrrole nitrogens is 1. The predicted octanol–water partition coefficient (Wildman–Crippen LogP) is 1.49. The second kappa shape index (κ2) is 6.70. The first-order valence-corrected chi connectivity index (χ1v) is 8.83. The molecule has 8 nitrogen and oxygen atoms in total. The molecule has 3 aromatic rings. The van der Waals surface area contributed by atoms with Gasteiger partial charge in [-0.3, -0.25) is 9.25 Å². The molecule has 136 valence electrons. The molecule has 1 aliphatic heterocycles. The number of hydrogen-bond acceptors (Lipinski definition) is 3. The van der Waals surface area contributed by atoms with Gasteiger partial charge in [-0.05, 0) is 31.0 Å². The molecule has 3 heterocycles. The fourth-order valence-corrected chi connectivity index (χ4v) is 3.49. The van der Waals surface area contributed by atoms with Gasteiger partial charge in [-0.15, -0.1) is 0 Å². The van der Waals surface area contributed by atoms with Crippen LogP contribution < -0.4 is 11.0 Å². The Morgan fingerprint density at radius 3 is 3.04 bits per heavy atom. The van der Waals surface area contributed by atoms with Crippen molar-refractivity contribution in [2.24, 2.45) is 0 Å². The van der Waals surface area contributed by atoms with Crippen molar-refractivity contribution in [1.29, 1.82) is 0 Å². The summed E-state index contributed by atoms with van der Waals surface area (Å²) in [4.78, 5) is 29.1. The first-order chi connectivity index (χ1) is 12.6. The highest BCUT2D eigenvalue weighted by atomic mass is 16.2. The fraction of sp³-hybridized carbons (Fsp3) is 0.389. The summed E-state index contributed by atoms with van der Waals surface area (Å²) in [5, 5.41) is 7.26. The van der Waals surface area contributed by atoms with Crippen LogP contribution >= 0.6 is 0 Å². The lowest BCUT2D eigenvalue weighted by atomic mass is 10.3. The topological polar surface area (TPSA) is 87.9 Å². The zero-order valence-corrected chi connectivity index (χ0v) is 14.7. The Bertz CT molecular complexity index is 985. The molecule has 1 saturated heterocycles. The van der Waals surface area contributed by atoms with E-state index in [1.165, 1.54) is 0 Å². The number of nitrogens with zero attached hydrogens (tertiary/aromatic N) is 4.